The molecule has 1 fully saturated rings. The highest BCUT2D eigenvalue weighted by Crippen LogP contribution is 2.38. The van der Waals surface area contributed by atoms with Gasteiger partial charge in [0.2, 0.25) is 11.8 Å². The summed E-state index contributed by atoms with van der Waals surface area (Å²) in [6.07, 6.45) is 2.22. The molecule has 1 aromatic heterocycles. The third kappa shape index (κ3) is 3.40. The molecule has 5 rings (SSSR count). The third-order valence-corrected chi connectivity index (χ3v) is 6.32. The third-order valence-electron chi connectivity index (χ3n) is 6.32. The molecule has 3 aromatic rings. The van der Waals surface area contributed by atoms with Crippen molar-refractivity contribution in [2.45, 2.75) is 25.4 Å². The molecular formula is C25H21N5O4. The fourth-order valence-corrected chi connectivity index (χ4v) is 4.64. The first-order valence-corrected chi connectivity index (χ1v) is 10.8. The molecule has 0 bridgehead atoms. The minimum atomic E-state index is -0.663. The van der Waals surface area contributed by atoms with Crippen LogP contribution in [0.3, 0.4) is 0 Å². The van der Waals surface area contributed by atoms with Crippen LogP contribution in [0.15, 0.2) is 42.7 Å². The molecule has 9 nitrogen and oxygen atoms in total. The number of amides is 3. The number of hydrogen-bond acceptors (Lipinski definition) is 6. The van der Waals surface area contributed by atoms with E-state index in [1.165, 1.54) is 4.90 Å². The molecule has 3 heterocycles. The van der Waals surface area contributed by atoms with Crippen molar-refractivity contribution < 1.29 is 19.1 Å². The Hall–Kier alpha value is -4.45. The lowest BCUT2D eigenvalue weighted by Gasteiger charge is -2.29. The van der Waals surface area contributed by atoms with Crippen molar-refractivity contribution in [2.75, 3.05) is 7.11 Å². The smallest absolute Gasteiger partial charge is 0.255 e. The van der Waals surface area contributed by atoms with Crippen molar-refractivity contribution in [2.24, 2.45) is 7.05 Å². The minimum Gasteiger partial charge on any atom is -0.496 e. The number of piperidine rings is 1. The van der Waals surface area contributed by atoms with Crippen molar-refractivity contribution in [1.82, 2.24) is 19.8 Å². The molecule has 0 saturated carbocycles. The topological polar surface area (TPSA) is 117 Å². The monoisotopic (exact) mass is 455 g/mol. The summed E-state index contributed by atoms with van der Waals surface area (Å²) in [6.45, 7) is 0.281. The Morgan fingerprint density at radius 1 is 1.15 bits per heavy atom. The molecule has 1 N–H and O–H groups in total. The van der Waals surface area contributed by atoms with E-state index >= 15 is 0 Å². The Morgan fingerprint density at radius 2 is 1.97 bits per heavy atom. The van der Waals surface area contributed by atoms with Gasteiger partial charge in [0.25, 0.3) is 5.91 Å². The van der Waals surface area contributed by atoms with E-state index in [1.54, 1.807) is 37.7 Å². The second kappa shape index (κ2) is 8.15. The van der Waals surface area contributed by atoms with E-state index in [4.69, 9.17) is 4.74 Å². The van der Waals surface area contributed by atoms with Crippen LogP contribution >= 0.6 is 0 Å². The Bertz CT molecular complexity index is 1400. The number of carbonyl (C=O) groups is 3. The molecule has 0 radical (unpaired) electrons. The van der Waals surface area contributed by atoms with Gasteiger partial charge in [-0.25, -0.2) is 4.98 Å². The van der Waals surface area contributed by atoms with Gasteiger partial charge in [0, 0.05) is 36.7 Å². The fraction of sp³-hybridized carbons (Fsp3) is 0.240. The van der Waals surface area contributed by atoms with Gasteiger partial charge in [0.1, 0.15) is 11.8 Å². The number of benzene rings is 2. The number of imide groups is 1. The summed E-state index contributed by atoms with van der Waals surface area (Å²) in [6, 6.07) is 12.2. The van der Waals surface area contributed by atoms with Gasteiger partial charge in [-0.2, -0.15) is 5.26 Å². The van der Waals surface area contributed by atoms with Crippen molar-refractivity contribution in [3.63, 3.8) is 0 Å². The van der Waals surface area contributed by atoms with Gasteiger partial charge < -0.3 is 14.2 Å². The van der Waals surface area contributed by atoms with Crippen LogP contribution in [0.2, 0.25) is 0 Å². The summed E-state index contributed by atoms with van der Waals surface area (Å²) in [5.74, 6) is -0.356. The maximum atomic E-state index is 13.0. The Kier molecular flexibility index (Phi) is 5.13. The zero-order valence-corrected chi connectivity index (χ0v) is 18.7. The highest BCUT2D eigenvalue weighted by atomic mass is 16.5. The number of rotatable bonds is 4. The summed E-state index contributed by atoms with van der Waals surface area (Å²) >= 11 is 0. The molecule has 1 unspecified atom stereocenters. The van der Waals surface area contributed by atoms with Crippen LogP contribution in [0.25, 0.3) is 22.5 Å². The van der Waals surface area contributed by atoms with Crippen LogP contribution in [-0.2, 0) is 23.2 Å². The fourth-order valence-electron chi connectivity index (χ4n) is 4.64. The van der Waals surface area contributed by atoms with Crippen molar-refractivity contribution in [3.8, 4) is 34.3 Å². The van der Waals surface area contributed by atoms with Crippen LogP contribution in [-0.4, -0.2) is 45.3 Å². The minimum absolute atomic E-state index is 0.211. The quantitative estimate of drug-likeness (QED) is 0.604. The second-order valence-corrected chi connectivity index (χ2v) is 8.35. The number of carbonyl (C=O) groups excluding carboxylic acids is 3. The molecular weight excluding hydrogens is 434 g/mol. The van der Waals surface area contributed by atoms with Crippen molar-refractivity contribution in [1.29, 1.82) is 5.26 Å². The summed E-state index contributed by atoms with van der Waals surface area (Å²) in [5.41, 5.74) is 4.83. The van der Waals surface area contributed by atoms with Crippen LogP contribution in [0.1, 0.15) is 34.3 Å². The Morgan fingerprint density at radius 3 is 2.71 bits per heavy atom. The summed E-state index contributed by atoms with van der Waals surface area (Å²) in [4.78, 5) is 42.9. The van der Waals surface area contributed by atoms with E-state index in [9.17, 15) is 19.6 Å². The first-order chi connectivity index (χ1) is 16.4. The van der Waals surface area contributed by atoms with Crippen LogP contribution in [0, 0.1) is 11.3 Å². The summed E-state index contributed by atoms with van der Waals surface area (Å²) in [5, 5.41) is 11.7. The average molecular weight is 455 g/mol. The molecule has 170 valence electrons. The number of nitrogens with zero attached hydrogens (tertiary/aromatic N) is 4. The van der Waals surface area contributed by atoms with Gasteiger partial charge >= 0.3 is 0 Å². The van der Waals surface area contributed by atoms with Gasteiger partial charge in [-0.05, 0) is 42.3 Å². The Balaban J connectivity index is 1.53. The number of nitriles is 1. The van der Waals surface area contributed by atoms with Crippen LogP contribution < -0.4 is 10.1 Å². The summed E-state index contributed by atoms with van der Waals surface area (Å²) in [7, 11) is 3.44. The molecule has 9 heteroatoms. The molecule has 2 aliphatic heterocycles. The predicted molar refractivity (Wildman–Crippen MR) is 121 cm³/mol. The number of ether oxygens (including phenoxy) is 1. The number of aromatic nitrogens is 2. The van der Waals surface area contributed by atoms with Gasteiger partial charge in [-0.1, -0.05) is 6.07 Å². The van der Waals surface area contributed by atoms with Gasteiger partial charge in [-0.3, -0.25) is 19.7 Å². The Labute approximate surface area is 195 Å². The number of aryl methyl sites for hydroxylation is 1. The molecule has 1 saturated heterocycles. The lowest BCUT2D eigenvalue weighted by Crippen LogP contribution is -2.52. The molecule has 2 aromatic carbocycles. The van der Waals surface area contributed by atoms with Gasteiger partial charge in [0.15, 0.2) is 0 Å². The van der Waals surface area contributed by atoms with E-state index in [-0.39, 0.29) is 24.8 Å². The number of hydrogen-bond donors (Lipinski definition) is 1. The summed E-state index contributed by atoms with van der Waals surface area (Å²) < 4.78 is 7.40. The lowest BCUT2D eigenvalue weighted by molar-refractivity contribution is -0.136. The van der Waals surface area contributed by atoms with Crippen LogP contribution in [0.5, 0.6) is 5.75 Å². The number of imidazole rings is 1. The van der Waals surface area contributed by atoms with Crippen molar-refractivity contribution in [3.05, 3.63) is 59.4 Å². The molecule has 0 aliphatic carbocycles. The largest absolute Gasteiger partial charge is 0.496 e. The zero-order chi connectivity index (χ0) is 24.0. The average Bonchev–Trinajstić information content (AvgIpc) is 3.38. The van der Waals surface area contributed by atoms with E-state index in [0.717, 1.165) is 22.4 Å². The van der Waals surface area contributed by atoms with E-state index in [0.29, 0.717) is 29.0 Å². The predicted octanol–water partition coefficient (Wildman–Crippen LogP) is 2.40. The molecule has 2 aliphatic rings. The van der Waals surface area contributed by atoms with E-state index in [2.05, 4.69) is 16.4 Å². The second-order valence-electron chi connectivity index (χ2n) is 8.35. The lowest BCUT2D eigenvalue weighted by atomic mass is 9.99. The molecule has 1 atom stereocenters. The van der Waals surface area contributed by atoms with Gasteiger partial charge in [-0.15, -0.1) is 0 Å². The molecule has 3 amide bonds. The molecule has 0 spiro atoms. The van der Waals surface area contributed by atoms with Crippen molar-refractivity contribution >= 4 is 17.7 Å². The first-order valence-electron chi connectivity index (χ1n) is 10.8. The van der Waals surface area contributed by atoms with E-state index in [1.807, 2.05) is 23.7 Å². The van der Waals surface area contributed by atoms with E-state index < -0.39 is 11.9 Å². The zero-order valence-electron chi connectivity index (χ0n) is 18.7. The number of methoxy groups -OCH3 is 1. The standard InChI is InChI=1S/C25H21N5O4/c1-29-13-27-22(23(29)18-9-14(11-26)3-7-20(18)34-2)15-4-5-17-16(10-15)12-30(25(17)33)19-6-8-21(31)28-24(19)32/h3-5,7,9-10,13,19H,6,8,12H2,1-2H3,(H,28,31,32). The van der Waals surface area contributed by atoms with Gasteiger partial charge in [0.05, 0.1) is 36.5 Å². The SMILES string of the molecule is COc1ccc(C#N)cc1-c1c(-c2ccc3c(c2)CN(C2CCC(=O)NC2=O)C3=O)ncn1C. The maximum Gasteiger partial charge on any atom is 0.255 e. The van der Waals surface area contributed by atoms with Crippen LogP contribution in [0.4, 0.5) is 0 Å². The number of nitrogens with one attached hydrogen (secondary N) is 1. The number of fused-ring (bicyclic) bond motifs is 1. The normalized spacial score (nSPS) is 17.4. The molecule has 34 heavy (non-hydrogen) atoms. The highest BCUT2D eigenvalue weighted by Gasteiger charge is 2.39. The first kappa shape index (κ1) is 21.4. The highest BCUT2D eigenvalue weighted by molar-refractivity contribution is 6.05. The maximum absolute atomic E-state index is 13.0.